The molecular weight excluding hydrogens is 376 g/mol. The highest BCUT2D eigenvalue weighted by atomic mass is 32.2. The Hall–Kier alpha value is -2.58. The summed E-state index contributed by atoms with van der Waals surface area (Å²) < 4.78 is 32.4. The Morgan fingerprint density at radius 2 is 1.68 bits per heavy atom. The fraction of sp³-hybridized carbons (Fsp3) is 0.350. The summed E-state index contributed by atoms with van der Waals surface area (Å²) >= 11 is 0. The van der Waals surface area contributed by atoms with Gasteiger partial charge in [-0.05, 0) is 24.6 Å². The van der Waals surface area contributed by atoms with Crippen LogP contribution in [0.25, 0.3) is 0 Å². The highest BCUT2D eigenvalue weighted by molar-refractivity contribution is 7.89. The number of nitrogens with one attached hydrogen (secondary N) is 3. The van der Waals surface area contributed by atoms with Gasteiger partial charge in [-0.2, -0.15) is 0 Å². The monoisotopic (exact) mass is 404 g/mol. The molecule has 3 N–H and O–H groups in total. The number of hydrogen-bond acceptors (Lipinski definition) is 4. The number of rotatable bonds is 11. The summed E-state index contributed by atoms with van der Waals surface area (Å²) in [6, 6.07) is 19.0. The molecule has 28 heavy (non-hydrogen) atoms. The molecule has 0 aliphatic heterocycles. The number of ether oxygens (including phenoxy) is 1. The number of aliphatic imine (C=N–C) groups is 1. The van der Waals surface area contributed by atoms with Gasteiger partial charge in [-0.3, -0.25) is 4.99 Å². The van der Waals surface area contributed by atoms with Crippen LogP contribution in [0.3, 0.4) is 0 Å². The van der Waals surface area contributed by atoms with Crippen molar-refractivity contribution in [1.29, 1.82) is 0 Å². The van der Waals surface area contributed by atoms with E-state index in [1.54, 1.807) is 0 Å². The van der Waals surface area contributed by atoms with E-state index < -0.39 is 10.0 Å². The third-order valence-corrected chi connectivity index (χ3v) is 5.02. The van der Waals surface area contributed by atoms with Crippen LogP contribution < -0.4 is 20.1 Å². The number of sulfonamides is 1. The van der Waals surface area contributed by atoms with E-state index in [1.807, 2.05) is 67.6 Å². The molecule has 2 rings (SSSR count). The second-order valence-corrected chi connectivity index (χ2v) is 7.90. The third kappa shape index (κ3) is 8.88. The van der Waals surface area contributed by atoms with Crippen LogP contribution in [0.4, 0.5) is 0 Å². The highest BCUT2D eigenvalue weighted by Crippen LogP contribution is 2.07. The molecule has 7 nitrogen and oxygen atoms in total. The number of hydrogen-bond donors (Lipinski definition) is 3. The first-order chi connectivity index (χ1) is 13.6. The molecule has 0 aliphatic carbocycles. The topological polar surface area (TPSA) is 91.8 Å². The van der Waals surface area contributed by atoms with Gasteiger partial charge in [-0.1, -0.05) is 48.5 Å². The van der Waals surface area contributed by atoms with Gasteiger partial charge >= 0.3 is 0 Å². The summed E-state index contributed by atoms with van der Waals surface area (Å²) in [6.45, 7) is 4.12. The molecule has 0 saturated heterocycles. The van der Waals surface area contributed by atoms with Gasteiger partial charge in [0.25, 0.3) is 0 Å². The van der Waals surface area contributed by atoms with E-state index in [9.17, 15) is 8.42 Å². The van der Waals surface area contributed by atoms with Crippen molar-refractivity contribution >= 4 is 16.0 Å². The predicted molar refractivity (Wildman–Crippen MR) is 113 cm³/mol. The summed E-state index contributed by atoms with van der Waals surface area (Å²) in [5, 5.41) is 6.23. The van der Waals surface area contributed by atoms with Crippen molar-refractivity contribution in [1.82, 2.24) is 15.4 Å². The van der Waals surface area contributed by atoms with Crippen LogP contribution in [0.2, 0.25) is 0 Å². The normalized spacial score (nSPS) is 11.8. The molecule has 0 atom stereocenters. The van der Waals surface area contributed by atoms with E-state index in [-0.39, 0.29) is 18.8 Å². The summed E-state index contributed by atoms with van der Waals surface area (Å²) in [5.74, 6) is 1.30. The average Bonchev–Trinajstić information content (AvgIpc) is 2.71. The van der Waals surface area contributed by atoms with E-state index in [4.69, 9.17) is 4.74 Å². The molecule has 2 aromatic rings. The first kappa shape index (κ1) is 21.7. The molecule has 0 aromatic heterocycles. The molecule has 0 radical (unpaired) electrons. The minimum absolute atomic E-state index is 0.0725. The Kier molecular flexibility index (Phi) is 9.30. The average molecular weight is 405 g/mol. The zero-order chi connectivity index (χ0) is 20.1. The van der Waals surface area contributed by atoms with Crippen molar-refractivity contribution in [3.63, 3.8) is 0 Å². The molecule has 2 aromatic carbocycles. The van der Waals surface area contributed by atoms with Gasteiger partial charge in [0.2, 0.25) is 10.0 Å². The van der Waals surface area contributed by atoms with Crippen molar-refractivity contribution < 1.29 is 13.2 Å². The number of nitrogens with zero attached hydrogens (tertiary/aromatic N) is 1. The van der Waals surface area contributed by atoms with Crippen LogP contribution in [0.1, 0.15) is 12.5 Å². The maximum absolute atomic E-state index is 12.1. The SMILES string of the molecule is CCNC(=NCCS(=O)(=O)NCc1ccccc1)NCCOc1ccccc1. The Bertz CT molecular complexity index is 812. The van der Waals surface area contributed by atoms with Crippen LogP contribution in [-0.2, 0) is 16.6 Å². The third-order valence-electron chi connectivity index (χ3n) is 3.72. The molecule has 0 spiro atoms. The van der Waals surface area contributed by atoms with Crippen molar-refractivity contribution in [2.75, 3.05) is 32.0 Å². The highest BCUT2D eigenvalue weighted by Gasteiger charge is 2.09. The van der Waals surface area contributed by atoms with Crippen LogP contribution in [-0.4, -0.2) is 46.4 Å². The molecule has 0 bridgehead atoms. The summed E-state index contributed by atoms with van der Waals surface area (Å²) in [5.41, 5.74) is 0.919. The van der Waals surface area contributed by atoms with Gasteiger partial charge < -0.3 is 15.4 Å². The van der Waals surface area contributed by atoms with Gasteiger partial charge in [0, 0.05) is 13.1 Å². The maximum atomic E-state index is 12.1. The van der Waals surface area contributed by atoms with E-state index in [1.165, 1.54) is 0 Å². The van der Waals surface area contributed by atoms with Gasteiger partial charge in [-0.25, -0.2) is 13.1 Å². The van der Waals surface area contributed by atoms with Crippen LogP contribution in [0.15, 0.2) is 65.7 Å². The lowest BCUT2D eigenvalue weighted by Crippen LogP contribution is -2.39. The molecule has 0 unspecified atom stereocenters. The van der Waals surface area contributed by atoms with Gasteiger partial charge in [0.15, 0.2) is 5.96 Å². The standard InChI is InChI=1S/C20H28N4O3S/c1-2-21-20(22-13-15-27-19-11-7-4-8-12-19)23-14-16-28(25,26)24-17-18-9-5-3-6-10-18/h3-12,24H,2,13-17H2,1H3,(H2,21,22,23). The Balaban J connectivity index is 1.72. The van der Waals surface area contributed by atoms with Crippen LogP contribution in [0.5, 0.6) is 5.75 Å². The van der Waals surface area contributed by atoms with Crippen molar-refractivity contribution in [2.45, 2.75) is 13.5 Å². The van der Waals surface area contributed by atoms with Crippen molar-refractivity contribution in [3.8, 4) is 5.75 Å². The quantitative estimate of drug-likeness (QED) is 0.301. The summed E-state index contributed by atoms with van der Waals surface area (Å²) in [6.07, 6.45) is 0. The van der Waals surface area contributed by atoms with Crippen molar-refractivity contribution in [2.24, 2.45) is 4.99 Å². The lowest BCUT2D eigenvalue weighted by atomic mass is 10.2. The van der Waals surface area contributed by atoms with E-state index in [2.05, 4.69) is 20.3 Å². The molecule has 0 aliphatic rings. The molecule has 152 valence electrons. The molecule has 8 heteroatoms. The Morgan fingerprint density at radius 1 is 1.00 bits per heavy atom. The molecular formula is C20H28N4O3S. The van der Waals surface area contributed by atoms with Gasteiger partial charge in [0.05, 0.1) is 18.8 Å². The Labute approximate surface area is 167 Å². The predicted octanol–water partition coefficient (Wildman–Crippen LogP) is 1.74. The largest absolute Gasteiger partial charge is 0.492 e. The smallest absolute Gasteiger partial charge is 0.213 e. The van der Waals surface area contributed by atoms with Crippen LogP contribution in [0, 0.1) is 0 Å². The van der Waals surface area contributed by atoms with Gasteiger partial charge in [-0.15, -0.1) is 0 Å². The Morgan fingerprint density at radius 3 is 2.36 bits per heavy atom. The lowest BCUT2D eigenvalue weighted by molar-refractivity contribution is 0.322. The second kappa shape index (κ2) is 12.0. The van der Waals surface area contributed by atoms with E-state index >= 15 is 0 Å². The fourth-order valence-electron chi connectivity index (χ4n) is 2.34. The molecule has 0 heterocycles. The second-order valence-electron chi connectivity index (χ2n) is 5.97. The summed E-state index contributed by atoms with van der Waals surface area (Å²) in [4.78, 5) is 4.32. The zero-order valence-corrected chi connectivity index (χ0v) is 16.9. The van der Waals surface area contributed by atoms with E-state index in [0.717, 1.165) is 11.3 Å². The van der Waals surface area contributed by atoms with E-state index in [0.29, 0.717) is 25.7 Å². The number of guanidine groups is 1. The first-order valence-corrected chi connectivity index (χ1v) is 11.0. The van der Waals surface area contributed by atoms with Crippen molar-refractivity contribution in [3.05, 3.63) is 66.2 Å². The molecule has 0 amide bonds. The zero-order valence-electron chi connectivity index (χ0n) is 16.1. The van der Waals surface area contributed by atoms with Gasteiger partial charge in [0.1, 0.15) is 12.4 Å². The number of para-hydroxylation sites is 1. The number of benzene rings is 2. The summed E-state index contributed by atoms with van der Waals surface area (Å²) in [7, 11) is -3.39. The minimum Gasteiger partial charge on any atom is -0.492 e. The maximum Gasteiger partial charge on any atom is 0.213 e. The lowest BCUT2D eigenvalue weighted by Gasteiger charge is -2.12. The molecule has 0 fully saturated rings. The minimum atomic E-state index is -3.39. The molecule has 0 saturated carbocycles. The first-order valence-electron chi connectivity index (χ1n) is 9.30. The fourth-order valence-corrected chi connectivity index (χ4v) is 3.20. The van der Waals surface area contributed by atoms with Crippen LogP contribution >= 0.6 is 0 Å².